The monoisotopic (exact) mass is 231 g/mol. The van der Waals surface area contributed by atoms with E-state index in [9.17, 15) is 9.59 Å². The molecule has 0 radical (unpaired) electrons. The fraction of sp³-hybridized carbons (Fsp3) is 0.333. The third kappa shape index (κ3) is 0.911. The van der Waals surface area contributed by atoms with Gasteiger partial charge in [-0.2, -0.15) is 0 Å². The maximum atomic E-state index is 11.1. The molecule has 6 heteroatoms. The highest BCUT2D eigenvalue weighted by Gasteiger charge is 2.16. The van der Waals surface area contributed by atoms with Crippen molar-refractivity contribution in [2.45, 2.75) is 6.54 Å². The first-order valence-corrected chi connectivity index (χ1v) is 4.26. The lowest BCUT2D eigenvalue weighted by atomic mass is 10.6. The Balaban J connectivity index is 2.87. The molecule has 0 spiro atoms. The van der Waals surface area contributed by atoms with Gasteiger partial charge in [-0.25, -0.2) is 4.79 Å². The van der Waals surface area contributed by atoms with E-state index in [-0.39, 0.29) is 11.2 Å². The number of nitrogens with one attached hydrogen (secondary N) is 2. The lowest BCUT2D eigenvalue weighted by Gasteiger charge is -2.01. The van der Waals surface area contributed by atoms with Crippen molar-refractivity contribution in [2.75, 3.05) is 11.9 Å². The summed E-state index contributed by atoms with van der Waals surface area (Å²) in [5.74, 6) is 0.573. The lowest BCUT2D eigenvalue weighted by Crippen LogP contribution is -2.29. The van der Waals surface area contributed by atoms with Crippen molar-refractivity contribution in [1.29, 1.82) is 0 Å². The molecule has 5 nitrogen and oxygen atoms in total. The summed E-state index contributed by atoms with van der Waals surface area (Å²) in [7, 11) is 0. The Morgan fingerprint density at radius 2 is 2.17 bits per heavy atom. The highest BCUT2D eigenvalue weighted by Crippen LogP contribution is 2.18. The predicted molar refractivity (Wildman–Crippen MR) is 47.5 cm³/mol. The number of aromatic amines is 1. The quantitative estimate of drug-likeness (QED) is 0.646. The predicted octanol–water partition coefficient (Wildman–Crippen LogP) is -0.275. The molecular weight excluding hydrogens is 226 g/mol. The van der Waals surface area contributed by atoms with Crippen molar-refractivity contribution >= 4 is 21.7 Å². The third-order valence-corrected chi connectivity index (χ3v) is 2.51. The minimum atomic E-state index is -0.388. The van der Waals surface area contributed by atoms with Crippen LogP contribution in [0.15, 0.2) is 14.1 Å². The minimum absolute atomic E-state index is 0.358. The van der Waals surface area contributed by atoms with Gasteiger partial charge in [-0.3, -0.25) is 14.3 Å². The minimum Gasteiger partial charge on any atom is -0.368 e. The first-order valence-electron chi connectivity index (χ1n) is 3.46. The van der Waals surface area contributed by atoms with Crippen LogP contribution in [0.3, 0.4) is 0 Å². The van der Waals surface area contributed by atoms with Crippen LogP contribution < -0.4 is 16.6 Å². The molecule has 2 rings (SSSR count). The summed E-state index contributed by atoms with van der Waals surface area (Å²) < 4.78 is 1.88. The Bertz CT molecular complexity index is 433. The molecule has 0 saturated carbocycles. The molecule has 1 aromatic rings. The molecule has 12 heavy (non-hydrogen) atoms. The third-order valence-electron chi connectivity index (χ3n) is 1.77. The average molecular weight is 232 g/mol. The smallest absolute Gasteiger partial charge is 0.330 e. The van der Waals surface area contributed by atoms with Crippen LogP contribution in [0.4, 0.5) is 5.82 Å². The maximum Gasteiger partial charge on any atom is 0.330 e. The largest absolute Gasteiger partial charge is 0.368 e. The second kappa shape index (κ2) is 2.48. The van der Waals surface area contributed by atoms with Gasteiger partial charge < -0.3 is 5.32 Å². The SMILES string of the molecule is O=c1[nH]c(=O)n2c(c1Br)NCC2. The summed E-state index contributed by atoms with van der Waals surface area (Å²) in [6.45, 7) is 1.29. The van der Waals surface area contributed by atoms with Gasteiger partial charge in [0.15, 0.2) is 0 Å². The van der Waals surface area contributed by atoms with Crippen LogP contribution in [0.25, 0.3) is 0 Å². The zero-order valence-corrected chi connectivity index (χ0v) is 7.64. The van der Waals surface area contributed by atoms with Crippen molar-refractivity contribution in [2.24, 2.45) is 0 Å². The van der Waals surface area contributed by atoms with Crippen molar-refractivity contribution < 1.29 is 0 Å². The van der Waals surface area contributed by atoms with E-state index in [0.29, 0.717) is 23.4 Å². The van der Waals surface area contributed by atoms with Crippen LogP contribution in [-0.2, 0) is 6.54 Å². The van der Waals surface area contributed by atoms with Gasteiger partial charge in [0.1, 0.15) is 10.3 Å². The molecule has 2 N–H and O–H groups in total. The molecule has 1 aliphatic heterocycles. The van der Waals surface area contributed by atoms with Crippen LogP contribution >= 0.6 is 15.9 Å². The number of nitrogens with zero attached hydrogens (tertiary/aromatic N) is 1. The first-order chi connectivity index (χ1) is 5.70. The topological polar surface area (TPSA) is 66.9 Å². The van der Waals surface area contributed by atoms with E-state index in [1.54, 1.807) is 0 Å². The Morgan fingerprint density at radius 3 is 2.92 bits per heavy atom. The Morgan fingerprint density at radius 1 is 1.42 bits per heavy atom. The molecule has 0 fully saturated rings. The van der Waals surface area contributed by atoms with Crippen LogP contribution in [0.2, 0.25) is 0 Å². The first kappa shape index (κ1) is 7.60. The van der Waals surface area contributed by atoms with Crippen LogP contribution in [0, 0.1) is 0 Å². The van der Waals surface area contributed by atoms with E-state index in [1.807, 2.05) is 0 Å². The number of fused-ring (bicyclic) bond motifs is 1. The zero-order valence-electron chi connectivity index (χ0n) is 6.06. The number of H-pyrrole nitrogens is 1. The van der Waals surface area contributed by atoms with Crippen molar-refractivity contribution in [1.82, 2.24) is 9.55 Å². The Labute approximate surface area is 75.5 Å². The van der Waals surface area contributed by atoms with Crippen LogP contribution in [-0.4, -0.2) is 16.1 Å². The van der Waals surface area contributed by atoms with Gasteiger partial charge >= 0.3 is 5.69 Å². The molecule has 0 aliphatic carbocycles. The van der Waals surface area contributed by atoms with Crippen molar-refractivity contribution in [3.8, 4) is 0 Å². The molecule has 0 saturated heterocycles. The fourth-order valence-corrected chi connectivity index (χ4v) is 1.67. The summed E-state index contributed by atoms with van der Waals surface area (Å²) in [6, 6.07) is 0. The summed E-state index contributed by atoms with van der Waals surface area (Å²) in [5, 5.41) is 2.95. The zero-order chi connectivity index (χ0) is 8.72. The number of hydrogen-bond acceptors (Lipinski definition) is 3. The van der Waals surface area contributed by atoms with Crippen LogP contribution in [0.1, 0.15) is 0 Å². The van der Waals surface area contributed by atoms with Gasteiger partial charge in [0.2, 0.25) is 0 Å². The van der Waals surface area contributed by atoms with Crippen molar-refractivity contribution in [3.63, 3.8) is 0 Å². The molecule has 1 aliphatic rings. The summed E-state index contributed by atoms with van der Waals surface area (Å²) >= 11 is 3.10. The van der Waals surface area contributed by atoms with E-state index >= 15 is 0 Å². The maximum absolute atomic E-state index is 11.1. The van der Waals surface area contributed by atoms with Crippen LogP contribution in [0.5, 0.6) is 0 Å². The number of aromatic nitrogens is 2. The molecule has 2 heterocycles. The molecule has 0 unspecified atom stereocenters. The summed E-state index contributed by atoms with van der Waals surface area (Å²) in [5.41, 5.74) is -0.746. The second-order valence-corrected chi connectivity index (χ2v) is 3.29. The van der Waals surface area contributed by atoms with Crippen molar-refractivity contribution in [3.05, 3.63) is 25.3 Å². The highest BCUT2D eigenvalue weighted by atomic mass is 79.9. The molecule has 0 aromatic carbocycles. The number of rotatable bonds is 0. The summed E-state index contributed by atoms with van der Waals surface area (Å²) in [6.07, 6.45) is 0. The fourth-order valence-electron chi connectivity index (χ4n) is 1.22. The molecular formula is C6H6BrN3O2. The van der Waals surface area contributed by atoms with E-state index in [4.69, 9.17) is 0 Å². The van der Waals surface area contributed by atoms with Gasteiger partial charge in [-0.1, -0.05) is 0 Å². The number of hydrogen-bond donors (Lipinski definition) is 2. The average Bonchev–Trinajstić information content (AvgIpc) is 2.48. The number of anilines is 1. The molecule has 1 aromatic heterocycles. The van der Waals surface area contributed by atoms with E-state index in [2.05, 4.69) is 26.2 Å². The molecule has 0 atom stereocenters. The Kier molecular flexibility index (Phi) is 1.57. The van der Waals surface area contributed by atoms with Gasteiger partial charge in [-0.15, -0.1) is 0 Å². The van der Waals surface area contributed by atoms with Gasteiger partial charge in [0.25, 0.3) is 5.56 Å². The second-order valence-electron chi connectivity index (χ2n) is 2.50. The normalized spacial score (nSPS) is 14.1. The summed E-state index contributed by atoms with van der Waals surface area (Å²) in [4.78, 5) is 24.4. The Hall–Kier alpha value is -1.04. The van der Waals surface area contributed by atoms with Gasteiger partial charge in [0.05, 0.1) is 0 Å². The van der Waals surface area contributed by atoms with E-state index < -0.39 is 0 Å². The molecule has 0 amide bonds. The molecule has 0 bridgehead atoms. The lowest BCUT2D eigenvalue weighted by molar-refractivity contribution is 0.734. The molecule has 64 valence electrons. The van der Waals surface area contributed by atoms with E-state index in [0.717, 1.165) is 0 Å². The van der Waals surface area contributed by atoms with E-state index in [1.165, 1.54) is 4.57 Å². The van der Waals surface area contributed by atoms with Gasteiger partial charge in [-0.05, 0) is 15.9 Å². The standard InChI is InChI=1S/C6H6BrN3O2/c7-3-4-8-1-2-10(4)6(12)9-5(3)11/h8H,1-2H2,(H,9,11,12). The number of halogens is 1. The van der Waals surface area contributed by atoms with Gasteiger partial charge in [0, 0.05) is 13.1 Å². The highest BCUT2D eigenvalue weighted by molar-refractivity contribution is 9.10.